The molecule has 27 heavy (non-hydrogen) atoms. The van der Waals surface area contributed by atoms with Gasteiger partial charge in [-0.05, 0) is 45.1 Å². The predicted molar refractivity (Wildman–Crippen MR) is 103 cm³/mol. The molecule has 0 aliphatic carbocycles. The van der Waals surface area contributed by atoms with Gasteiger partial charge in [0.25, 0.3) is 5.91 Å². The summed E-state index contributed by atoms with van der Waals surface area (Å²) in [6.45, 7) is 2.94. The van der Waals surface area contributed by atoms with Crippen LogP contribution >= 0.6 is 0 Å². The second-order valence-electron chi connectivity index (χ2n) is 7.20. The van der Waals surface area contributed by atoms with Gasteiger partial charge in [-0.1, -0.05) is 0 Å². The first-order chi connectivity index (χ1) is 13.1. The van der Waals surface area contributed by atoms with Crippen molar-refractivity contribution in [3.05, 3.63) is 30.1 Å². The Bertz CT molecular complexity index is 961. The monoisotopic (exact) mass is 368 g/mol. The van der Waals surface area contributed by atoms with Crippen LogP contribution in [0.15, 0.2) is 24.5 Å². The molecule has 0 saturated carbocycles. The Morgan fingerprint density at radius 3 is 3.04 bits per heavy atom. The maximum atomic E-state index is 12.5. The van der Waals surface area contributed by atoms with Crippen LogP contribution in [-0.2, 0) is 11.3 Å². The SMILES string of the molecule is CN(C)CCNC(=O)c1ccc2nnc3ncn(CC4CCCO4)c3c2c1. The highest BCUT2D eigenvalue weighted by atomic mass is 16.5. The molecule has 1 atom stereocenters. The molecule has 1 aliphatic heterocycles. The van der Waals surface area contributed by atoms with Crippen LogP contribution in [0.25, 0.3) is 22.1 Å². The topological polar surface area (TPSA) is 85.2 Å². The third kappa shape index (κ3) is 3.77. The van der Waals surface area contributed by atoms with Crippen LogP contribution in [-0.4, -0.2) is 70.5 Å². The number of carbonyl (C=O) groups is 1. The summed E-state index contributed by atoms with van der Waals surface area (Å²) in [4.78, 5) is 18.9. The van der Waals surface area contributed by atoms with Crippen LogP contribution in [0.4, 0.5) is 0 Å². The molecule has 0 radical (unpaired) electrons. The van der Waals surface area contributed by atoms with Gasteiger partial charge in [-0.2, -0.15) is 0 Å². The molecule has 4 rings (SSSR count). The van der Waals surface area contributed by atoms with Gasteiger partial charge in [-0.3, -0.25) is 4.79 Å². The molecule has 3 aromatic rings. The van der Waals surface area contributed by atoms with Crippen LogP contribution in [0.5, 0.6) is 0 Å². The number of rotatable bonds is 6. The number of imidazole rings is 1. The maximum absolute atomic E-state index is 12.5. The molecule has 1 unspecified atom stereocenters. The van der Waals surface area contributed by atoms with E-state index in [4.69, 9.17) is 4.74 Å². The lowest BCUT2D eigenvalue weighted by atomic mass is 10.1. The number of aromatic nitrogens is 4. The summed E-state index contributed by atoms with van der Waals surface area (Å²) in [6, 6.07) is 5.51. The van der Waals surface area contributed by atoms with Crippen molar-refractivity contribution in [1.82, 2.24) is 30.0 Å². The fourth-order valence-electron chi connectivity index (χ4n) is 3.42. The van der Waals surface area contributed by atoms with Gasteiger partial charge in [0.15, 0.2) is 0 Å². The number of likely N-dealkylation sites (N-methyl/N-ethyl adjacent to an activating group) is 1. The molecule has 2 aromatic heterocycles. The van der Waals surface area contributed by atoms with Gasteiger partial charge < -0.3 is 19.5 Å². The summed E-state index contributed by atoms with van der Waals surface area (Å²) in [5, 5.41) is 12.3. The molecule has 1 N–H and O–H groups in total. The highest BCUT2D eigenvalue weighted by Gasteiger charge is 2.19. The first kappa shape index (κ1) is 17.8. The molecule has 1 amide bonds. The summed E-state index contributed by atoms with van der Waals surface area (Å²) in [6.07, 6.45) is 4.12. The van der Waals surface area contributed by atoms with Crippen molar-refractivity contribution in [3.8, 4) is 0 Å². The number of nitrogens with zero attached hydrogens (tertiary/aromatic N) is 5. The Hall–Kier alpha value is -2.58. The van der Waals surface area contributed by atoms with Gasteiger partial charge in [0.1, 0.15) is 0 Å². The van der Waals surface area contributed by atoms with Crippen molar-refractivity contribution in [2.24, 2.45) is 0 Å². The Morgan fingerprint density at radius 2 is 2.26 bits per heavy atom. The number of hydrogen-bond acceptors (Lipinski definition) is 6. The molecule has 0 spiro atoms. The normalized spacial score (nSPS) is 17.2. The Labute approximate surface area is 157 Å². The number of fused-ring (bicyclic) bond motifs is 3. The smallest absolute Gasteiger partial charge is 0.251 e. The van der Waals surface area contributed by atoms with Crippen LogP contribution in [0.1, 0.15) is 23.2 Å². The second kappa shape index (κ2) is 7.58. The molecule has 142 valence electrons. The van der Waals surface area contributed by atoms with Crippen molar-refractivity contribution < 1.29 is 9.53 Å². The van der Waals surface area contributed by atoms with Crippen molar-refractivity contribution in [1.29, 1.82) is 0 Å². The summed E-state index contributed by atoms with van der Waals surface area (Å²) in [7, 11) is 3.96. The van der Waals surface area contributed by atoms with E-state index < -0.39 is 0 Å². The molecule has 3 heterocycles. The minimum absolute atomic E-state index is 0.0890. The minimum atomic E-state index is -0.0890. The highest BCUT2D eigenvalue weighted by molar-refractivity contribution is 6.05. The van der Waals surface area contributed by atoms with E-state index in [0.717, 1.165) is 49.0 Å². The highest BCUT2D eigenvalue weighted by Crippen LogP contribution is 2.24. The van der Waals surface area contributed by atoms with Crippen molar-refractivity contribution in [2.75, 3.05) is 33.8 Å². The summed E-state index contributed by atoms with van der Waals surface area (Å²) in [5.74, 6) is -0.0890. The zero-order valence-corrected chi connectivity index (χ0v) is 15.7. The molecular formula is C19H24N6O2. The third-order valence-electron chi connectivity index (χ3n) is 4.85. The molecule has 8 heteroatoms. The Kier molecular flexibility index (Phi) is 5.00. The van der Waals surface area contributed by atoms with E-state index in [1.165, 1.54) is 0 Å². The lowest BCUT2D eigenvalue weighted by Crippen LogP contribution is -2.31. The van der Waals surface area contributed by atoms with E-state index in [1.807, 2.05) is 31.1 Å². The standard InChI is InChI=1S/C19H24N6O2/c1-24(2)8-7-20-19(26)13-5-6-16-15(10-13)17-18(23-22-16)21-12-25(17)11-14-4-3-9-27-14/h5-6,10,12,14H,3-4,7-9,11H2,1-2H3,(H,20,26). The van der Waals surface area contributed by atoms with Crippen molar-refractivity contribution in [2.45, 2.75) is 25.5 Å². The Balaban J connectivity index is 1.67. The van der Waals surface area contributed by atoms with E-state index in [-0.39, 0.29) is 12.0 Å². The van der Waals surface area contributed by atoms with Gasteiger partial charge in [0, 0.05) is 30.6 Å². The lowest BCUT2D eigenvalue weighted by molar-refractivity contribution is 0.0950. The van der Waals surface area contributed by atoms with Gasteiger partial charge in [-0.25, -0.2) is 4.98 Å². The maximum Gasteiger partial charge on any atom is 0.251 e. The van der Waals surface area contributed by atoms with Crippen molar-refractivity contribution >= 4 is 28.0 Å². The Morgan fingerprint density at radius 1 is 1.37 bits per heavy atom. The number of hydrogen-bond donors (Lipinski definition) is 1. The number of ether oxygens (including phenoxy) is 1. The molecule has 1 aliphatic rings. The number of carbonyl (C=O) groups excluding carboxylic acids is 1. The summed E-state index contributed by atoms with van der Waals surface area (Å²) >= 11 is 0. The van der Waals surface area contributed by atoms with Gasteiger partial charge >= 0.3 is 0 Å². The average Bonchev–Trinajstić information content (AvgIpc) is 3.31. The van der Waals surface area contributed by atoms with Gasteiger partial charge in [0.2, 0.25) is 5.65 Å². The van der Waals surface area contributed by atoms with E-state index in [0.29, 0.717) is 17.8 Å². The average molecular weight is 368 g/mol. The first-order valence-electron chi connectivity index (χ1n) is 9.27. The van der Waals surface area contributed by atoms with Gasteiger partial charge in [0.05, 0.1) is 30.0 Å². The molecule has 1 aromatic carbocycles. The van der Waals surface area contributed by atoms with Crippen LogP contribution in [0.3, 0.4) is 0 Å². The van der Waals surface area contributed by atoms with Crippen LogP contribution in [0.2, 0.25) is 0 Å². The van der Waals surface area contributed by atoms with Crippen LogP contribution in [0, 0.1) is 0 Å². The largest absolute Gasteiger partial charge is 0.376 e. The number of nitrogens with one attached hydrogen (secondary N) is 1. The summed E-state index contributed by atoms with van der Waals surface area (Å²) < 4.78 is 7.83. The molecule has 1 saturated heterocycles. The zero-order valence-electron chi connectivity index (χ0n) is 15.7. The fourth-order valence-corrected chi connectivity index (χ4v) is 3.42. The van der Waals surface area contributed by atoms with E-state index in [2.05, 4.69) is 25.1 Å². The minimum Gasteiger partial charge on any atom is -0.376 e. The third-order valence-corrected chi connectivity index (χ3v) is 4.85. The number of benzene rings is 1. The molecule has 8 nitrogen and oxygen atoms in total. The van der Waals surface area contributed by atoms with Gasteiger partial charge in [-0.15, -0.1) is 10.2 Å². The summed E-state index contributed by atoms with van der Waals surface area (Å²) in [5.41, 5.74) is 2.85. The molecule has 0 bridgehead atoms. The van der Waals surface area contributed by atoms with E-state index in [9.17, 15) is 4.79 Å². The first-order valence-corrected chi connectivity index (χ1v) is 9.27. The number of amides is 1. The quantitative estimate of drug-likeness (QED) is 0.709. The molecular weight excluding hydrogens is 344 g/mol. The predicted octanol–water partition coefficient (Wildman–Crippen LogP) is 1.45. The van der Waals surface area contributed by atoms with E-state index in [1.54, 1.807) is 12.4 Å². The fraction of sp³-hybridized carbons (Fsp3) is 0.474. The molecule has 1 fully saturated rings. The zero-order chi connectivity index (χ0) is 18.8. The lowest BCUT2D eigenvalue weighted by Gasteiger charge is -2.12. The second-order valence-corrected chi connectivity index (χ2v) is 7.20. The van der Waals surface area contributed by atoms with Crippen LogP contribution < -0.4 is 5.32 Å². The van der Waals surface area contributed by atoms with Crippen molar-refractivity contribution in [3.63, 3.8) is 0 Å². The van der Waals surface area contributed by atoms with E-state index >= 15 is 0 Å².